The van der Waals surface area contributed by atoms with E-state index in [2.05, 4.69) is 0 Å². The Morgan fingerprint density at radius 3 is 2.59 bits per heavy atom. The lowest BCUT2D eigenvalue weighted by atomic mass is 9.99. The number of hydrogen-bond acceptors (Lipinski definition) is 3. The number of carbonyl (C=O) groups excluding carboxylic acids is 1. The molecule has 1 rings (SSSR count). The topological polar surface area (TPSA) is 29.5 Å². The standard InChI is InChI=1S/C13H18FNO2/c1-9(16)7-12(15(2)3)11-8-10(14)5-6-13(11)17-4/h5-6,8,12H,7H2,1-4H3. The van der Waals surface area contributed by atoms with Gasteiger partial charge in [-0.3, -0.25) is 4.79 Å². The highest BCUT2D eigenvalue weighted by atomic mass is 19.1. The van der Waals surface area contributed by atoms with E-state index in [1.165, 1.54) is 26.2 Å². The number of ketones is 1. The van der Waals surface area contributed by atoms with Crippen LogP contribution in [0.5, 0.6) is 5.75 Å². The number of carbonyl (C=O) groups is 1. The molecule has 0 saturated carbocycles. The first-order chi connectivity index (χ1) is 7.95. The number of nitrogens with zero attached hydrogens (tertiary/aromatic N) is 1. The molecule has 0 aromatic heterocycles. The minimum Gasteiger partial charge on any atom is -0.496 e. The second-order valence-corrected chi connectivity index (χ2v) is 4.27. The smallest absolute Gasteiger partial charge is 0.131 e. The van der Waals surface area contributed by atoms with E-state index in [0.29, 0.717) is 17.7 Å². The summed E-state index contributed by atoms with van der Waals surface area (Å²) in [6.45, 7) is 1.53. The molecule has 0 spiro atoms. The van der Waals surface area contributed by atoms with Gasteiger partial charge in [-0.15, -0.1) is 0 Å². The van der Waals surface area contributed by atoms with E-state index in [1.54, 1.807) is 6.07 Å². The van der Waals surface area contributed by atoms with Crippen molar-refractivity contribution < 1.29 is 13.9 Å². The summed E-state index contributed by atoms with van der Waals surface area (Å²) >= 11 is 0. The van der Waals surface area contributed by atoms with E-state index >= 15 is 0 Å². The fraction of sp³-hybridized carbons (Fsp3) is 0.462. The summed E-state index contributed by atoms with van der Waals surface area (Å²) in [6.07, 6.45) is 0.340. The molecule has 17 heavy (non-hydrogen) atoms. The summed E-state index contributed by atoms with van der Waals surface area (Å²) in [6, 6.07) is 4.19. The Hall–Kier alpha value is -1.42. The lowest BCUT2D eigenvalue weighted by molar-refractivity contribution is -0.118. The zero-order valence-corrected chi connectivity index (χ0v) is 10.7. The monoisotopic (exact) mass is 239 g/mol. The van der Waals surface area contributed by atoms with E-state index in [1.807, 2.05) is 19.0 Å². The van der Waals surface area contributed by atoms with Gasteiger partial charge in [-0.05, 0) is 39.2 Å². The second-order valence-electron chi connectivity index (χ2n) is 4.27. The van der Waals surface area contributed by atoms with Crippen LogP contribution in [0.15, 0.2) is 18.2 Å². The van der Waals surface area contributed by atoms with Crippen molar-refractivity contribution >= 4 is 5.78 Å². The highest BCUT2D eigenvalue weighted by Gasteiger charge is 2.20. The molecule has 0 aliphatic carbocycles. The number of rotatable bonds is 5. The molecule has 0 saturated heterocycles. The Labute approximate surface area is 101 Å². The van der Waals surface area contributed by atoms with Crippen LogP contribution in [0.4, 0.5) is 4.39 Å². The largest absolute Gasteiger partial charge is 0.496 e. The van der Waals surface area contributed by atoms with Gasteiger partial charge >= 0.3 is 0 Å². The Morgan fingerprint density at radius 2 is 2.12 bits per heavy atom. The van der Waals surface area contributed by atoms with E-state index in [9.17, 15) is 9.18 Å². The predicted octanol–water partition coefficient (Wildman–Crippen LogP) is 2.42. The number of ether oxygens (including phenoxy) is 1. The molecular weight excluding hydrogens is 221 g/mol. The third kappa shape index (κ3) is 3.53. The van der Waals surface area contributed by atoms with Gasteiger partial charge in [0.05, 0.1) is 7.11 Å². The highest BCUT2D eigenvalue weighted by molar-refractivity contribution is 5.76. The molecule has 0 heterocycles. The number of methoxy groups -OCH3 is 1. The van der Waals surface area contributed by atoms with Gasteiger partial charge in [0, 0.05) is 18.0 Å². The Bertz CT molecular complexity index is 404. The zero-order chi connectivity index (χ0) is 13.0. The van der Waals surface area contributed by atoms with E-state index in [4.69, 9.17) is 4.74 Å². The van der Waals surface area contributed by atoms with Gasteiger partial charge in [-0.25, -0.2) is 4.39 Å². The van der Waals surface area contributed by atoms with Gasteiger partial charge in [0.1, 0.15) is 17.3 Å². The van der Waals surface area contributed by atoms with Gasteiger partial charge in [0.15, 0.2) is 0 Å². The van der Waals surface area contributed by atoms with E-state index in [0.717, 1.165) is 0 Å². The molecule has 94 valence electrons. The number of hydrogen-bond donors (Lipinski definition) is 0. The van der Waals surface area contributed by atoms with Gasteiger partial charge in [0.2, 0.25) is 0 Å². The molecule has 3 nitrogen and oxygen atoms in total. The SMILES string of the molecule is COc1ccc(F)cc1C(CC(C)=O)N(C)C. The zero-order valence-electron chi connectivity index (χ0n) is 10.7. The van der Waals surface area contributed by atoms with Crippen molar-refractivity contribution in [3.8, 4) is 5.75 Å². The molecule has 0 radical (unpaired) electrons. The summed E-state index contributed by atoms with van der Waals surface area (Å²) in [5, 5.41) is 0. The van der Waals surface area contributed by atoms with E-state index in [-0.39, 0.29) is 17.6 Å². The average molecular weight is 239 g/mol. The molecule has 4 heteroatoms. The van der Waals surface area contributed by atoms with Crippen molar-refractivity contribution in [3.63, 3.8) is 0 Å². The summed E-state index contributed by atoms with van der Waals surface area (Å²) in [4.78, 5) is 13.1. The minimum atomic E-state index is -0.323. The van der Waals surface area contributed by atoms with Crippen LogP contribution in [-0.2, 0) is 4.79 Å². The molecule has 1 unspecified atom stereocenters. The molecular formula is C13H18FNO2. The van der Waals surface area contributed by atoms with Crippen molar-refractivity contribution in [2.75, 3.05) is 21.2 Å². The van der Waals surface area contributed by atoms with Gasteiger partial charge in [0.25, 0.3) is 0 Å². The van der Waals surface area contributed by atoms with E-state index < -0.39 is 0 Å². The molecule has 0 aliphatic rings. The maximum absolute atomic E-state index is 13.3. The molecule has 1 aromatic rings. The summed E-state index contributed by atoms with van der Waals surface area (Å²) in [5.74, 6) is 0.345. The lowest BCUT2D eigenvalue weighted by Crippen LogP contribution is -2.22. The van der Waals surface area contributed by atoms with Crippen LogP contribution >= 0.6 is 0 Å². The minimum absolute atomic E-state index is 0.0648. The third-order valence-electron chi connectivity index (χ3n) is 2.65. The fourth-order valence-electron chi connectivity index (χ4n) is 1.81. The average Bonchev–Trinajstić information content (AvgIpc) is 2.25. The fourth-order valence-corrected chi connectivity index (χ4v) is 1.81. The normalized spacial score (nSPS) is 12.6. The first-order valence-corrected chi connectivity index (χ1v) is 5.45. The summed E-state index contributed by atoms with van der Waals surface area (Å²) < 4.78 is 18.5. The first kappa shape index (κ1) is 13.6. The van der Waals surface area contributed by atoms with Crippen LogP contribution in [-0.4, -0.2) is 31.9 Å². The molecule has 0 N–H and O–H groups in total. The second kappa shape index (κ2) is 5.77. The third-order valence-corrected chi connectivity index (χ3v) is 2.65. The number of halogens is 1. The van der Waals surface area contributed by atoms with Crippen LogP contribution in [0.2, 0.25) is 0 Å². The molecule has 1 aromatic carbocycles. The number of benzene rings is 1. The van der Waals surface area contributed by atoms with Gasteiger partial charge < -0.3 is 9.64 Å². The molecule has 0 bridgehead atoms. The molecule has 0 amide bonds. The van der Waals surface area contributed by atoms with Crippen LogP contribution in [0.3, 0.4) is 0 Å². The van der Waals surface area contributed by atoms with Crippen LogP contribution in [0.25, 0.3) is 0 Å². The van der Waals surface area contributed by atoms with Crippen LogP contribution < -0.4 is 4.74 Å². The van der Waals surface area contributed by atoms with Crippen LogP contribution in [0.1, 0.15) is 24.9 Å². The lowest BCUT2D eigenvalue weighted by Gasteiger charge is -2.25. The van der Waals surface area contributed by atoms with Gasteiger partial charge in [-0.2, -0.15) is 0 Å². The Kier molecular flexibility index (Phi) is 4.63. The summed E-state index contributed by atoms with van der Waals surface area (Å²) in [5.41, 5.74) is 0.702. The Morgan fingerprint density at radius 1 is 1.47 bits per heavy atom. The van der Waals surface area contributed by atoms with Gasteiger partial charge in [-0.1, -0.05) is 0 Å². The van der Waals surface area contributed by atoms with Crippen molar-refractivity contribution in [1.82, 2.24) is 4.90 Å². The van der Waals surface area contributed by atoms with Crippen molar-refractivity contribution in [1.29, 1.82) is 0 Å². The first-order valence-electron chi connectivity index (χ1n) is 5.45. The highest BCUT2D eigenvalue weighted by Crippen LogP contribution is 2.31. The Balaban J connectivity index is 3.16. The molecule has 1 atom stereocenters. The van der Waals surface area contributed by atoms with Crippen molar-refractivity contribution in [2.45, 2.75) is 19.4 Å². The number of Topliss-reactive ketones (excluding diaryl/α,β-unsaturated/α-hetero) is 1. The quantitative estimate of drug-likeness (QED) is 0.790. The maximum Gasteiger partial charge on any atom is 0.131 e. The predicted molar refractivity (Wildman–Crippen MR) is 64.7 cm³/mol. The summed E-state index contributed by atoms with van der Waals surface area (Å²) in [7, 11) is 5.26. The van der Waals surface area contributed by atoms with Crippen LogP contribution in [0, 0.1) is 5.82 Å². The molecule has 0 fully saturated rings. The molecule has 0 aliphatic heterocycles. The van der Waals surface area contributed by atoms with Crippen molar-refractivity contribution in [2.24, 2.45) is 0 Å². The van der Waals surface area contributed by atoms with Crippen molar-refractivity contribution in [3.05, 3.63) is 29.6 Å². The maximum atomic E-state index is 13.3.